The molecule has 92 valence electrons. The second kappa shape index (κ2) is 4.90. The summed E-state index contributed by atoms with van der Waals surface area (Å²) >= 11 is 0. The molecule has 0 bridgehead atoms. The number of nitroso groups, excluding NO2 is 1. The number of nitrogens with one attached hydrogen (secondary N) is 1. The van der Waals surface area contributed by atoms with Crippen LogP contribution < -0.4 is 5.32 Å². The second-order valence-corrected chi connectivity index (χ2v) is 4.29. The number of hydrogen-bond donors (Lipinski definition) is 1. The van der Waals surface area contributed by atoms with Crippen LogP contribution in [0.4, 0.5) is 17.1 Å². The third-order valence-electron chi connectivity index (χ3n) is 3.02. The van der Waals surface area contributed by atoms with Crippen LogP contribution >= 0.6 is 0 Å². The van der Waals surface area contributed by atoms with Crippen molar-refractivity contribution < 1.29 is 0 Å². The van der Waals surface area contributed by atoms with E-state index < -0.39 is 0 Å². The predicted molar refractivity (Wildman–Crippen MR) is 79.1 cm³/mol. The van der Waals surface area contributed by atoms with Crippen LogP contribution in [0.15, 0.2) is 71.9 Å². The van der Waals surface area contributed by atoms with Crippen molar-refractivity contribution in [3.8, 4) is 0 Å². The molecular weight excluding hydrogens is 236 g/mol. The first-order valence-corrected chi connectivity index (χ1v) is 6.05. The third-order valence-corrected chi connectivity index (χ3v) is 3.02. The maximum atomic E-state index is 10.5. The van der Waals surface area contributed by atoms with Crippen molar-refractivity contribution in [2.24, 2.45) is 5.18 Å². The Morgan fingerprint density at radius 1 is 0.842 bits per heavy atom. The molecule has 3 heteroatoms. The van der Waals surface area contributed by atoms with E-state index >= 15 is 0 Å². The van der Waals surface area contributed by atoms with Crippen molar-refractivity contribution in [3.05, 3.63) is 71.6 Å². The highest BCUT2D eigenvalue weighted by molar-refractivity contribution is 5.95. The quantitative estimate of drug-likeness (QED) is 0.664. The minimum Gasteiger partial charge on any atom is -0.355 e. The highest BCUT2D eigenvalue weighted by Crippen LogP contribution is 2.27. The lowest BCUT2D eigenvalue weighted by molar-refractivity contribution is 1.48. The fraction of sp³-hybridized carbons (Fsp3) is 0. The average Bonchev–Trinajstić information content (AvgIpc) is 2.48. The molecule has 0 saturated heterocycles. The molecule has 0 saturated carbocycles. The van der Waals surface area contributed by atoms with E-state index in [4.69, 9.17) is 0 Å². The van der Waals surface area contributed by atoms with Gasteiger partial charge in [-0.05, 0) is 34.8 Å². The van der Waals surface area contributed by atoms with Crippen molar-refractivity contribution in [3.63, 3.8) is 0 Å². The first-order chi connectivity index (χ1) is 9.36. The maximum Gasteiger partial charge on any atom is 0.110 e. The lowest BCUT2D eigenvalue weighted by Gasteiger charge is -2.09. The van der Waals surface area contributed by atoms with Gasteiger partial charge in [0.15, 0.2) is 0 Å². The van der Waals surface area contributed by atoms with E-state index in [2.05, 4.69) is 28.7 Å². The molecule has 0 aliphatic rings. The van der Waals surface area contributed by atoms with E-state index in [0.29, 0.717) is 5.69 Å². The van der Waals surface area contributed by atoms with E-state index in [-0.39, 0.29) is 0 Å². The third kappa shape index (κ3) is 2.31. The van der Waals surface area contributed by atoms with Crippen molar-refractivity contribution >= 4 is 27.8 Å². The van der Waals surface area contributed by atoms with Gasteiger partial charge in [0.05, 0.1) is 0 Å². The van der Waals surface area contributed by atoms with Crippen molar-refractivity contribution in [1.29, 1.82) is 0 Å². The summed E-state index contributed by atoms with van der Waals surface area (Å²) in [5.74, 6) is 0. The largest absolute Gasteiger partial charge is 0.355 e. The minimum atomic E-state index is 0.422. The van der Waals surface area contributed by atoms with Crippen LogP contribution in [0.25, 0.3) is 10.8 Å². The van der Waals surface area contributed by atoms with Gasteiger partial charge in [-0.25, -0.2) is 0 Å². The van der Waals surface area contributed by atoms with Gasteiger partial charge in [0, 0.05) is 16.8 Å². The van der Waals surface area contributed by atoms with Gasteiger partial charge in [-0.15, -0.1) is 4.91 Å². The normalized spacial score (nSPS) is 10.3. The molecule has 0 aliphatic heterocycles. The Labute approximate surface area is 110 Å². The van der Waals surface area contributed by atoms with Gasteiger partial charge in [0.2, 0.25) is 0 Å². The molecule has 3 aromatic carbocycles. The smallest absolute Gasteiger partial charge is 0.110 e. The number of rotatable bonds is 3. The lowest BCUT2D eigenvalue weighted by atomic mass is 10.1. The van der Waals surface area contributed by atoms with Gasteiger partial charge in [-0.1, -0.05) is 42.5 Å². The summed E-state index contributed by atoms with van der Waals surface area (Å²) in [7, 11) is 0. The molecule has 3 rings (SSSR count). The van der Waals surface area contributed by atoms with Gasteiger partial charge in [-0.3, -0.25) is 0 Å². The second-order valence-electron chi connectivity index (χ2n) is 4.29. The standard InChI is InChI=1S/C16H12N2O/c19-18-14-8-4-7-13(11-14)17-16-10-3-6-12-5-1-2-9-15(12)16/h1-11,17H. The molecule has 3 nitrogen and oxygen atoms in total. The van der Waals surface area contributed by atoms with Gasteiger partial charge >= 0.3 is 0 Å². The zero-order chi connectivity index (χ0) is 13.1. The maximum absolute atomic E-state index is 10.5. The van der Waals surface area contributed by atoms with Gasteiger partial charge in [-0.2, -0.15) is 0 Å². The van der Waals surface area contributed by atoms with Crippen LogP contribution in [0.5, 0.6) is 0 Å². The van der Waals surface area contributed by atoms with E-state index in [1.807, 2.05) is 36.4 Å². The number of nitrogens with zero attached hydrogens (tertiary/aromatic N) is 1. The SMILES string of the molecule is O=Nc1cccc(Nc2cccc3ccccc23)c1. The molecule has 0 amide bonds. The Morgan fingerprint density at radius 2 is 1.63 bits per heavy atom. The van der Waals surface area contributed by atoms with Crippen molar-refractivity contribution in [1.82, 2.24) is 0 Å². The molecule has 0 heterocycles. The summed E-state index contributed by atoms with van der Waals surface area (Å²) in [5.41, 5.74) is 2.29. The van der Waals surface area contributed by atoms with E-state index in [1.54, 1.807) is 12.1 Å². The summed E-state index contributed by atoms with van der Waals surface area (Å²) in [6.45, 7) is 0. The van der Waals surface area contributed by atoms with Crippen LogP contribution in [0, 0.1) is 4.91 Å². The summed E-state index contributed by atoms with van der Waals surface area (Å²) in [6.07, 6.45) is 0. The fourth-order valence-electron chi connectivity index (χ4n) is 2.13. The molecule has 0 radical (unpaired) electrons. The summed E-state index contributed by atoms with van der Waals surface area (Å²) in [4.78, 5) is 10.5. The number of benzene rings is 3. The number of hydrogen-bond acceptors (Lipinski definition) is 3. The summed E-state index contributed by atoms with van der Waals surface area (Å²) < 4.78 is 0. The number of fused-ring (bicyclic) bond motifs is 1. The molecule has 0 aliphatic carbocycles. The summed E-state index contributed by atoms with van der Waals surface area (Å²) in [5, 5.41) is 8.59. The van der Waals surface area contributed by atoms with Gasteiger partial charge in [0.1, 0.15) is 5.69 Å². The molecule has 0 spiro atoms. The van der Waals surface area contributed by atoms with Crippen LogP contribution in [0.3, 0.4) is 0 Å². The Morgan fingerprint density at radius 3 is 2.53 bits per heavy atom. The molecule has 0 aromatic heterocycles. The zero-order valence-electron chi connectivity index (χ0n) is 10.2. The van der Waals surface area contributed by atoms with Crippen LogP contribution in [-0.2, 0) is 0 Å². The average molecular weight is 248 g/mol. The van der Waals surface area contributed by atoms with Crippen LogP contribution in [0.2, 0.25) is 0 Å². The van der Waals surface area contributed by atoms with Gasteiger partial charge in [0.25, 0.3) is 0 Å². The molecule has 0 atom stereocenters. The Bertz CT molecular complexity index is 732. The van der Waals surface area contributed by atoms with Crippen molar-refractivity contribution in [2.75, 3.05) is 5.32 Å². The van der Waals surface area contributed by atoms with E-state index in [9.17, 15) is 4.91 Å². The first-order valence-electron chi connectivity index (χ1n) is 6.05. The first kappa shape index (κ1) is 11.4. The topological polar surface area (TPSA) is 41.5 Å². The molecular formula is C16H12N2O. The zero-order valence-corrected chi connectivity index (χ0v) is 10.2. The Balaban J connectivity index is 2.03. The molecule has 0 unspecified atom stereocenters. The highest BCUT2D eigenvalue weighted by atomic mass is 16.3. The molecule has 3 aromatic rings. The Kier molecular flexibility index (Phi) is 2.94. The molecule has 0 fully saturated rings. The van der Waals surface area contributed by atoms with E-state index in [0.717, 1.165) is 16.8 Å². The van der Waals surface area contributed by atoms with Crippen molar-refractivity contribution in [2.45, 2.75) is 0 Å². The van der Waals surface area contributed by atoms with E-state index in [1.165, 1.54) is 5.39 Å². The number of anilines is 2. The highest BCUT2D eigenvalue weighted by Gasteiger charge is 2.01. The van der Waals surface area contributed by atoms with Crippen LogP contribution in [-0.4, -0.2) is 0 Å². The lowest BCUT2D eigenvalue weighted by Crippen LogP contribution is -1.90. The monoisotopic (exact) mass is 248 g/mol. The summed E-state index contributed by atoms with van der Waals surface area (Å²) in [6, 6.07) is 21.4. The molecule has 19 heavy (non-hydrogen) atoms. The Hall–Kier alpha value is -2.68. The van der Waals surface area contributed by atoms with Gasteiger partial charge < -0.3 is 5.32 Å². The van der Waals surface area contributed by atoms with Crippen LogP contribution in [0.1, 0.15) is 0 Å². The fourth-order valence-corrected chi connectivity index (χ4v) is 2.13. The minimum absolute atomic E-state index is 0.422. The predicted octanol–water partition coefficient (Wildman–Crippen LogP) is 4.98. The molecule has 1 N–H and O–H groups in total.